The standard InChI is InChI=1S/C31H30N2O3.C2H4O2.Co/c1-23-12-13-26(30(34)16-23)19-32-21-28(17-24-8-4-2-5-9-24)33-20-27-14-15-29(18-31(27)35)36-22-25-10-6-3-7-11-25;1-2(3)4;/h2-16,18-20,28,34-35H,17,21-22H2,1H3;1H3,(H,3,4);. The van der Waals surface area contributed by atoms with Crippen molar-refractivity contribution in [3.05, 3.63) is 125 Å². The van der Waals surface area contributed by atoms with E-state index in [2.05, 4.69) is 17.1 Å². The van der Waals surface area contributed by atoms with Gasteiger partial charge in [0, 0.05) is 53.3 Å². The van der Waals surface area contributed by atoms with E-state index < -0.39 is 5.97 Å². The van der Waals surface area contributed by atoms with E-state index in [4.69, 9.17) is 19.6 Å². The van der Waals surface area contributed by atoms with Gasteiger partial charge in [0.05, 0.1) is 12.6 Å². The topological polar surface area (TPSA) is 112 Å². The quantitative estimate of drug-likeness (QED) is 0.188. The molecule has 0 saturated heterocycles. The fraction of sp³-hybridized carbons (Fsp3) is 0.182. The molecule has 0 amide bonds. The molecule has 1 unspecified atom stereocenters. The van der Waals surface area contributed by atoms with Crippen LogP contribution in [-0.4, -0.2) is 46.3 Å². The molecule has 0 aliphatic heterocycles. The zero-order valence-electron chi connectivity index (χ0n) is 23.0. The van der Waals surface area contributed by atoms with Crippen molar-refractivity contribution in [3.8, 4) is 17.2 Å². The summed E-state index contributed by atoms with van der Waals surface area (Å²) < 4.78 is 5.80. The summed E-state index contributed by atoms with van der Waals surface area (Å²) in [6.45, 7) is 3.89. The smallest absolute Gasteiger partial charge is 0.300 e. The van der Waals surface area contributed by atoms with E-state index in [1.165, 1.54) is 0 Å². The Labute approximate surface area is 251 Å². The van der Waals surface area contributed by atoms with Crippen molar-refractivity contribution < 1.29 is 41.6 Å². The van der Waals surface area contributed by atoms with Gasteiger partial charge < -0.3 is 20.1 Å². The van der Waals surface area contributed by atoms with Crippen LogP contribution in [0, 0.1) is 6.92 Å². The first kappa shape index (κ1) is 32.8. The fourth-order valence-electron chi connectivity index (χ4n) is 3.74. The molecule has 0 aliphatic carbocycles. The summed E-state index contributed by atoms with van der Waals surface area (Å²) in [6, 6.07) is 30.6. The van der Waals surface area contributed by atoms with E-state index in [1.807, 2.05) is 73.7 Å². The van der Waals surface area contributed by atoms with Crippen LogP contribution in [-0.2, 0) is 34.6 Å². The number of aliphatic imine (C=N–C) groups is 2. The third-order valence-electron chi connectivity index (χ3n) is 5.72. The van der Waals surface area contributed by atoms with Crippen LogP contribution in [0.3, 0.4) is 0 Å². The molecule has 0 bridgehead atoms. The summed E-state index contributed by atoms with van der Waals surface area (Å²) >= 11 is 0. The largest absolute Gasteiger partial charge is 0.507 e. The van der Waals surface area contributed by atoms with Crippen LogP contribution < -0.4 is 4.74 Å². The van der Waals surface area contributed by atoms with Crippen molar-refractivity contribution in [2.75, 3.05) is 6.54 Å². The number of phenols is 2. The molecule has 4 aromatic carbocycles. The molecule has 0 aliphatic rings. The maximum Gasteiger partial charge on any atom is 0.300 e. The summed E-state index contributed by atoms with van der Waals surface area (Å²) in [5, 5.41) is 28.1. The molecule has 4 aromatic rings. The first-order valence-corrected chi connectivity index (χ1v) is 12.9. The minimum Gasteiger partial charge on any atom is -0.507 e. The number of carbonyl (C=O) groups is 1. The average molecular weight is 598 g/mol. The molecule has 0 saturated carbocycles. The number of aliphatic carboxylic acids is 1. The second-order valence-electron chi connectivity index (χ2n) is 9.19. The second-order valence-corrected chi connectivity index (χ2v) is 9.19. The van der Waals surface area contributed by atoms with Crippen molar-refractivity contribution in [2.24, 2.45) is 9.98 Å². The van der Waals surface area contributed by atoms with E-state index in [9.17, 15) is 10.2 Å². The third-order valence-corrected chi connectivity index (χ3v) is 5.72. The molecule has 0 aromatic heterocycles. The van der Waals surface area contributed by atoms with Gasteiger partial charge in [-0.15, -0.1) is 0 Å². The predicted molar refractivity (Wildman–Crippen MR) is 159 cm³/mol. The van der Waals surface area contributed by atoms with Gasteiger partial charge in [0.25, 0.3) is 5.97 Å². The van der Waals surface area contributed by atoms with Gasteiger partial charge >= 0.3 is 0 Å². The van der Waals surface area contributed by atoms with Gasteiger partial charge in [-0.25, -0.2) is 0 Å². The van der Waals surface area contributed by atoms with Crippen molar-refractivity contribution in [3.63, 3.8) is 0 Å². The van der Waals surface area contributed by atoms with Crippen LogP contribution in [0.1, 0.15) is 34.7 Å². The molecule has 1 radical (unpaired) electrons. The first-order chi connectivity index (χ1) is 19.3. The monoisotopic (exact) mass is 597 g/mol. The number of carboxylic acid groups (broad SMARTS) is 1. The number of hydrogen-bond acceptors (Lipinski definition) is 6. The molecule has 0 spiro atoms. The number of hydrogen-bond donors (Lipinski definition) is 3. The minimum absolute atomic E-state index is 0. The molecule has 3 N–H and O–H groups in total. The Hall–Kier alpha value is -4.40. The number of phenolic OH excluding ortho intramolecular Hbond substituents is 2. The minimum atomic E-state index is -0.833. The normalized spacial score (nSPS) is 11.4. The van der Waals surface area contributed by atoms with E-state index in [0.29, 0.717) is 36.4 Å². The molecular formula is C33H34CoN2O5. The Morgan fingerprint density at radius 3 is 2.00 bits per heavy atom. The molecular weight excluding hydrogens is 563 g/mol. The SMILES string of the molecule is CC(=O)O.Cc1ccc(C=NCC(Cc2ccccc2)N=Cc2ccc(OCc3ccccc3)cc2O)c(O)c1.[Co]. The van der Waals surface area contributed by atoms with Gasteiger partial charge in [-0.2, -0.15) is 0 Å². The Balaban J connectivity index is 0.00000110. The van der Waals surface area contributed by atoms with Gasteiger partial charge in [-0.1, -0.05) is 66.7 Å². The summed E-state index contributed by atoms with van der Waals surface area (Å²) in [4.78, 5) is 18.3. The summed E-state index contributed by atoms with van der Waals surface area (Å²) in [6.07, 6.45) is 4.06. The van der Waals surface area contributed by atoms with Crippen molar-refractivity contribution in [1.82, 2.24) is 0 Å². The number of aryl methyl sites for hydroxylation is 1. The van der Waals surface area contributed by atoms with Crippen LogP contribution >= 0.6 is 0 Å². The molecule has 0 heterocycles. The molecule has 41 heavy (non-hydrogen) atoms. The van der Waals surface area contributed by atoms with Gasteiger partial charge in [0.15, 0.2) is 0 Å². The van der Waals surface area contributed by atoms with Crippen molar-refractivity contribution in [2.45, 2.75) is 32.9 Å². The van der Waals surface area contributed by atoms with E-state index in [1.54, 1.807) is 30.6 Å². The number of nitrogens with zero attached hydrogens (tertiary/aromatic N) is 2. The fourth-order valence-corrected chi connectivity index (χ4v) is 3.74. The molecule has 1 atom stereocenters. The number of benzene rings is 4. The Morgan fingerprint density at radius 2 is 1.39 bits per heavy atom. The Morgan fingerprint density at radius 1 is 0.829 bits per heavy atom. The van der Waals surface area contributed by atoms with Crippen LogP contribution in [0.2, 0.25) is 0 Å². The van der Waals surface area contributed by atoms with Crippen molar-refractivity contribution >= 4 is 18.4 Å². The van der Waals surface area contributed by atoms with Crippen LogP contribution in [0.25, 0.3) is 0 Å². The molecule has 7 nitrogen and oxygen atoms in total. The van der Waals surface area contributed by atoms with Crippen molar-refractivity contribution in [1.29, 1.82) is 0 Å². The predicted octanol–water partition coefficient (Wildman–Crippen LogP) is 6.22. The summed E-state index contributed by atoms with van der Waals surface area (Å²) in [5.74, 6) is 0.0778. The second kappa shape index (κ2) is 17.3. The van der Waals surface area contributed by atoms with E-state index in [-0.39, 0.29) is 34.3 Å². The average Bonchev–Trinajstić information content (AvgIpc) is 2.93. The van der Waals surface area contributed by atoms with Gasteiger partial charge in [-0.3, -0.25) is 14.8 Å². The summed E-state index contributed by atoms with van der Waals surface area (Å²) in [7, 11) is 0. The zero-order chi connectivity index (χ0) is 28.7. The third kappa shape index (κ3) is 12.1. The number of rotatable bonds is 10. The van der Waals surface area contributed by atoms with Crippen LogP contribution in [0.5, 0.6) is 17.2 Å². The molecule has 0 fully saturated rings. The number of aromatic hydroxyl groups is 2. The van der Waals surface area contributed by atoms with Crippen LogP contribution in [0.4, 0.5) is 0 Å². The van der Waals surface area contributed by atoms with Crippen LogP contribution in [0.15, 0.2) is 107 Å². The Bertz CT molecular complexity index is 1420. The molecule has 8 heteroatoms. The number of ether oxygens (including phenoxy) is 1. The first-order valence-electron chi connectivity index (χ1n) is 12.9. The molecule has 215 valence electrons. The zero-order valence-corrected chi connectivity index (χ0v) is 24.0. The Kier molecular flexibility index (Phi) is 13.9. The number of carboxylic acids is 1. The van der Waals surface area contributed by atoms with Gasteiger partial charge in [0.1, 0.15) is 23.9 Å². The maximum atomic E-state index is 10.5. The van der Waals surface area contributed by atoms with E-state index >= 15 is 0 Å². The van der Waals surface area contributed by atoms with Gasteiger partial charge in [-0.05, 0) is 54.3 Å². The maximum absolute atomic E-state index is 10.5. The van der Waals surface area contributed by atoms with E-state index in [0.717, 1.165) is 23.6 Å². The molecule has 4 rings (SSSR count). The van der Waals surface area contributed by atoms with Gasteiger partial charge in [0.2, 0.25) is 0 Å². The summed E-state index contributed by atoms with van der Waals surface area (Å²) in [5.41, 5.74) is 4.49.